The number of sulfone groups is 1. The zero-order valence-electron chi connectivity index (χ0n) is 8.56. The molecule has 1 aromatic carbocycles. The van der Waals surface area contributed by atoms with E-state index in [1.165, 1.54) is 26.2 Å². The Morgan fingerprint density at radius 1 is 1.33 bits per heavy atom. The van der Waals surface area contributed by atoms with E-state index in [-0.39, 0.29) is 16.2 Å². The molecule has 1 rings (SSSR count). The Kier molecular flexibility index (Phi) is 3.47. The number of carbonyl (C=O) groups excluding carboxylic acids is 1. The van der Waals surface area contributed by atoms with Gasteiger partial charge in [-0.05, 0) is 12.1 Å². The largest absolute Gasteiger partial charge is 0.465 e. The topological polar surface area (TPSA) is 60.4 Å². The molecular weight excluding hydrogens is 216 g/mol. The van der Waals surface area contributed by atoms with Gasteiger partial charge in [-0.2, -0.15) is 0 Å². The normalized spacial score (nSPS) is 11.1. The van der Waals surface area contributed by atoms with Gasteiger partial charge >= 0.3 is 5.97 Å². The molecule has 0 atom stereocenters. The summed E-state index contributed by atoms with van der Waals surface area (Å²) in [5, 5.41) is 0. The molecule has 1 aromatic rings. The van der Waals surface area contributed by atoms with E-state index in [9.17, 15) is 13.2 Å². The lowest BCUT2D eigenvalue weighted by Crippen LogP contribution is -2.11. The molecule has 0 bridgehead atoms. The van der Waals surface area contributed by atoms with Gasteiger partial charge in [-0.15, -0.1) is 0 Å². The molecule has 0 spiro atoms. The summed E-state index contributed by atoms with van der Waals surface area (Å²) in [5.41, 5.74) is 0.0850. The van der Waals surface area contributed by atoms with Crippen LogP contribution in [-0.4, -0.2) is 27.2 Å². The molecule has 0 unspecified atom stereocenters. The highest BCUT2D eigenvalue weighted by Gasteiger charge is 2.20. The van der Waals surface area contributed by atoms with Gasteiger partial charge in [0.25, 0.3) is 0 Å². The van der Waals surface area contributed by atoms with Crippen molar-refractivity contribution in [2.24, 2.45) is 0 Å². The Hall–Kier alpha value is -1.36. The first kappa shape index (κ1) is 11.7. The number of benzene rings is 1. The van der Waals surface area contributed by atoms with Gasteiger partial charge in [0, 0.05) is 0 Å². The number of hydrogen-bond acceptors (Lipinski definition) is 4. The van der Waals surface area contributed by atoms with Crippen LogP contribution >= 0.6 is 0 Å². The zero-order chi connectivity index (χ0) is 11.5. The van der Waals surface area contributed by atoms with Crippen molar-refractivity contribution in [2.45, 2.75) is 11.8 Å². The number of rotatable bonds is 3. The molecule has 0 radical (unpaired) electrons. The van der Waals surface area contributed by atoms with Crippen LogP contribution in [0.25, 0.3) is 0 Å². The lowest BCUT2D eigenvalue weighted by Gasteiger charge is -2.06. The maximum atomic E-state index is 11.6. The third kappa shape index (κ3) is 2.36. The highest BCUT2D eigenvalue weighted by Crippen LogP contribution is 2.17. The van der Waals surface area contributed by atoms with Crippen LogP contribution in [0.4, 0.5) is 0 Å². The van der Waals surface area contributed by atoms with Gasteiger partial charge < -0.3 is 4.74 Å². The van der Waals surface area contributed by atoms with Crippen LogP contribution in [0, 0.1) is 0 Å². The third-order valence-corrected chi connectivity index (χ3v) is 3.79. The van der Waals surface area contributed by atoms with Crippen LogP contribution in [-0.2, 0) is 14.6 Å². The smallest absolute Gasteiger partial charge is 0.339 e. The molecule has 0 fully saturated rings. The van der Waals surface area contributed by atoms with Crippen LogP contribution < -0.4 is 0 Å². The van der Waals surface area contributed by atoms with Crippen molar-refractivity contribution in [3.8, 4) is 0 Å². The average Bonchev–Trinajstić information content (AvgIpc) is 2.28. The second kappa shape index (κ2) is 4.44. The first-order chi connectivity index (χ1) is 7.03. The summed E-state index contributed by atoms with van der Waals surface area (Å²) >= 11 is 0. The Bertz CT molecular complexity index is 462. The molecule has 4 nitrogen and oxygen atoms in total. The summed E-state index contributed by atoms with van der Waals surface area (Å²) in [6.07, 6.45) is 0. The third-order valence-electron chi connectivity index (χ3n) is 2.01. The second-order valence-electron chi connectivity index (χ2n) is 2.89. The summed E-state index contributed by atoms with van der Waals surface area (Å²) in [7, 11) is -2.16. The lowest BCUT2D eigenvalue weighted by atomic mass is 10.2. The van der Waals surface area contributed by atoms with Crippen molar-refractivity contribution in [1.29, 1.82) is 0 Å². The molecule has 0 saturated carbocycles. The molecule has 0 aliphatic carbocycles. The van der Waals surface area contributed by atoms with Gasteiger partial charge in [0.2, 0.25) is 0 Å². The molecule has 82 valence electrons. The molecule has 0 aromatic heterocycles. The van der Waals surface area contributed by atoms with E-state index >= 15 is 0 Å². The molecule has 5 heteroatoms. The van der Waals surface area contributed by atoms with Crippen molar-refractivity contribution in [3.05, 3.63) is 29.8 Å². The van der Waals surface area contributed by atoms with E-state index < -0.39 is 15.8 Å². The van der Waals surface area contributed by atoms with E-state index in [4.69, 9.17) is 0 Å². The minimum atomic E-state index is -3.38. The zero-order valence-corrected chi connectivity index (χ0v) is 9.37. The average molecular weight is 228 g/mol. The SMILES string of the molecule is CCS(=O)(=O)c1ccccc1C(=O)OC. The standard InChI is InChI=1S/C10H12O4S/c1-3-15(12,13)9-7-5-4-6-8(9)10(11)14-2/h4-7H,3H2,1-2H3. The highest BCUT2D eigenvalue weighted by atomic mass is 32.2. The van der Waals surface area contributed by atoms with Gasteiger partial charge in [0.15, 0.2) is 9.84 Å². The Labute approximate surface area is 88.8 Å². The van der Waals surface area contributed by atoms with Crippen LogP contribution in [0.1, 0.15) is 17.3 Å². The van der Waals surface area contributed by atoms with Gasteiger partial charge in [-0.1, -0.05) is 19.1 Å². The van der Waals surface area contributed by atoms with Crippen LogP contribution in [0.15, 0.2) is 29.2 Å². The number of methoxy groups -OCH3 is 1. The van der Waals surface area contributed by atoms with E-state index in [1.54, 1.807) is 12.1 Å². The van der Waals surface area contributed by atoms with Gasteiger partial charge in [-0.25, -0.2) is 13.2 Å². The van der Waals surface area contributed by atoms with Crippen LogP contribution in [0.3, 0.4) is 0 Å². The second-order valence-corrected chi connectivity index (χ2v) is 5.14. The molecule has 0 heterocycles. The molecule has 0 saturated heterocycles. The minimum absolute atomic E-state index is 0.0272. The highest BCUT2D eigenvalue weighted by molar-refractivity contribution is 7.91. The van der Waals surface area contributed by atoms with Gasteiger partial charge in [0.1, 0.15) is 0 Å². The fourth-order valence-corrected chi connectivity index (χ4v) is 2.26. The lowest BCUT2D eigenvalue weighted by molar-refractivity contribution is 0.0596. The fraction of sp³-hybridized carbons (Fsp3) is 0.300. The summed E-state index contributed by atoms with van der Waals surface area (Å²) in [6.45, 7) is 1.53. The molecule has 0 aliphatic rings. The Morgan fingerprint density at radius 3 is 2.47 bits per heavy atom. The number of hydrogen-bond donors (Lipinski definition) is 0. The summed E-state index contributed by atoms with van der Waals surface area (Å²) in [4.78, 5) is 11.3. The summed E-state index contributed by atoms with van der Waals surface area (Å²) in [6, 6.07) is 6.02. The van der Waals surface area contributed by atoms with Crippen molar-refractivity contribution >= 4 is 15.8 Å². The summed E-state index contributed by atoms with van der Waals surface area (Å²) < 4.78 is 27.8. The van der Waals surface area contributed by atoms with E-state index in [2.05, 4.69) is 4.74 Å². The molecule has 0 aliphatic heterocycles. The monoisotopic (exact) mass is 228 g/mol. The minimum Gasteiger partial charge on any atom is -0.465 e. The maximum Gasteiger partial charge on any atom is 0.339 e. The van der Waals surface area contributed by atoms with Crippen molar-refractivity contribution in [3.63, 3.8) is 0 Å². The van der Waals surface area contributed by atoms with E-state index in [0.717, 1.165) is 0 Å². The predicted molar refractivity (Wildman–Crippen MR) is 55.5 cm³/mol. The quantitative estimate of drug-likeness (QED) is 0.731. The first-order valence-electron chi connectivity index (χ1n) is 4.43. The number of esters is 1. The summed E-state index contributed by atoms with van der Waals surface area (Å²) in [5.74, 6) is -0.677. The van der Waals surface area contributed by atoms with Crippen LogP contribution in [0.2, 0.25) is 0 Å². The Balaban J connectivity index is 3.37. The van der Waals surface area contributed by atoms with E-state index in [0.29, 0.717) is 0 Å². The molecular formula is C10H12O4S. The van der Waals surface area contributed by atoms with Crippen molar-refractivity contribution in [1.82, 2.24) is 0 Å². The van der Waals surface area contributed by atoms with Crippen LogP contribution in [0.5, 0.6) is 0 Å². The van der Waals surface area contributed by atoms with Crippen molar-refractivity contribution < 1.29 is 17.9 Å². The van der Waals surface area contributed by atoms with Gasteiger partial charge in [-0.3, -0.25) is 0 Å². The number of ether oxygens (including phenoxy) is 1. The van der Waals surface area contributed by atoms with Crippen molar-refractivity contribution in [2.75, 3.05) is 12.9 Å². The predicted octanol–water partition coefficient (Wildman–Crippen LogP) is 1.27. The van der Waals surface area contributed by atoms with Gasteiger partial charge in [0.05, 0.1) is 23.3 Å². The molecule has 0 N–H and O–H groups in total. The maximum absolute atomic E-state index is 11.6. The molecule has 0 amide bonds. The Morgan fingerprint density at radius 2 is 1.93 bits per heavy atom. The molecule has 15 heavy (non-hydrogen) atoms. The first-order valence-corrected chi connectivity index (χ1v) is 6.08. The van der Waals surface area contributed by atoms with E-state index in [1.807, 2.05) is 0 Å². The number of carbonyl (C=O) groups is 1. The fourth-order valence-electron chi connectivity index (χ4n) is 1.17.